The Balaban J connectivity index is 1.79. The number of phenolic OH excluding ortho intramolecular Hbond substituents is 1. The molecule has 4 aromatic rings. The Labute approximate surface area is 160 Å². The molecule has 5 rings (SSSR count). The number of rotatable bonds is 3. The molecular weight excluding hydrogens is 358 g/mol. The average molecular weight is 379 g/mol. The minimum Gasteiger partial charge on any atom is -0.508 e. The first-order chi connectivity index (χ1) is 13.7. The second-order valence-electron chi connectivity index (χ2n) is 7.33. The van der Waals surface area contributed by atoms with E-state index in [4.69, 9.17) is 13.6 Å². The van der Waals surface area contributed by atoms with Gasteiger partial charge < -0.3 is 18.7 Å². The number of piperidine rings is 1. The van der Waals surface area contributed by atoms with Crippen LogP contribution in [0.25, 0.3) is 32.9 Å². The van der Waals surface area contributed by atoms with Crippen LogP contribution in [0.5, 0.6) is 11.5 Å². The van der Waals surface area contributed by atoms with Crippen LogP contribution in [-0.4, -0.2) is 30.2 Å². The molecule has 3 heterocycles. The summed E-state index contributed by atoms with van der Waals surface area (Å²) in [5.41, 5.74) is 1.72. The summed E-state index contributed by atoms with van der Waals surface area (Å²) in [5, 5.41) is 12.3. The highest BCUT2D eigenvalue weighted by Crippen LogP contribution is 2.38. The summed E-state index contributed by atoms with van der Waals surface area (Å²) >= 11 is 0. The molecule has 1 fully saturated rings. The maximum absolute atomic E-state index is 12.9. The van der Waals surface area contributed by atoms with Crippen molar-refractivity contribution in [1.29, 1.82) is 0 Å². The van der Waals surface area contributed by atoms with Crippen molar-refractivity contribution < 1.29 is 18.7 Å². The van der Waals surface area contributed by atoms with Gasteiger partial charge in [-0.2, -0.15) is 0 Å². The number of aromatic hydroxyl groups is 1. The normalized spacial score (nSPS) is 15.6. The lowest BCUT2D eigenvalue weighted by molar-refractivity contribution is 0.219. The summed E-state index contributed by atoms with van der Waals surface area (Å²) in [4.78, 5) is 15.2. The molecule has 6 heteroatoms. The van der Waals surface area contributed by atoms with Crippen molar-refractivity contribution in [3.63, 3.8) is 0 Å². The van der Waals surface area contributed by atoms with Crippen LogP contribution in [0.15, 0.2) is 44.0 Å². The molecular formula is C22H21NO5. The molecule has 2 aromatic heterocycles. The molecule has 0 atom stereocenters. The third-order valence-corrected chi connectivity index (χ3v) is 5.61. The quantitative estimate of drug-likeness (QED) is 0.532. The smallest absolute Gasteiger partial charge is 0.348 e. The number of ether oxygens (including phenoxy) is 1. The number of fused-ring (bicyclic) bond motifs is 5. The highest BCUT2D eigenvalue weighted by atomic mass is 16.5. The highest BCUT2D eigenvalue weighted by molar-refractivity contribution is 6.14. The van der Waals surface area contributed by atoms with E-state index in [-0.39, 0.29) is 5.75 Å². The zero-order valence-corrected chi connectivity index (χ0v) is 15.7. The lowest BCUT2D eigenvalue weighted by atomic mass is 10.0. The summed E-state index contributed by atoms with van der Waals surface area (Å²) in [6, 6.07) is 8.65. The molecule has 0 spiro atoms. The topological polar surface area (TPSA) is 76.0 Å². The predicted octanol–water partition coefficient (Wildman–Crippen LogP) is 4.39. The fourth-order valence-corrected chi connectivity index (χ4v) is 4.19. The van der Waals surface area contributed by atoms with Gasteiger partial charge in [0.1, 0.15) is 28.1 Å². The van der Waals surface area contributed by atoms with E-state index in [1.165, 1.54) is 6.42 Å². The molecule has 1 aliphatic rings. The van der Waals surface area contributed by atoms with Gasteiger partial charge in [-0.05, 0) is 50.2 Å². The first-order valence-corrected chi connectivity index (χ1v) is 9.56. The first kappa shape index (κ1) is 17.1. The minimum absolute atomic E-state index is 0.176. The van der Waals surface area contributed by atoms with Crippen LogP contribution in [0.2, 0.25) is 0 Å². The van der Waals surface area contributed by atoms with Gasteiger partial charge in [-0.25, -0.2) is 4.79 Å². The maximum Gasteiger partial charge on any atom is 0.348 e. The van der Waals surface area contributed by atoms with E-state index in [1.807, 2.05) is 6.07 Å². The fraction of sp³-hybridized carbons (Fsp3) is 0.318. The molecule has 1 saturated heterocycles. The van der Waals surface area contributed by atoms with Crippen LogP contribution in [-0.2, 0) is 6.54 Å². The van der Waals surface area contributed by atoms with Gasteiger partial charge in [-0.3, -0.25) is 4.90 Å². The van der Waals surface area contributed by atoms with Gasteiger partial charge in [0.2, 0.25) is 0 Å². The summed E-state index contributed by atoms with van der Waals surface area (Å²) in [7, 11) is 1.56. The van der Waals surface area contributed by atoms with Gasteiger partial charge >= 0.3 is 5.63 Å². The van der Waals surface area contributed by atoms with Gasteiger partial charge in [-0.1, -0.05) is 6.42 Å². The van der Waals surface area contributed by atoms with E-state index in [1.54, 1.807) is 31.4 Å². The molecule has 1 N–H and O–H groups in total. The number of nitrogens with zero attached hydrogens (tertiary/aromatic N) is 1. The number of hydrogen-bond acceptors (Lipinski definition) is 6. The second-order valence-corrected chi connectivity index (χ2v) is 7.33. The molecule has 144 valence electrons. The van der Waals surface area contributed by atoms with E-state index in [0.29, 0.717) is 45.2 Å². The first-order valence-electron chi connectivity index (χ1n) is 9.56. The van der Waals surface area contributed by atoms with Crippen molar-refractivity contribution in [2.75, 3.05) is 20.2 Å². The Bertz CT molecular complexity index is 1250. The van der Waals surface area contributed by atoms with Crippen LogP contribution in [0.3, 0.4) is 0 Å². The van der Waals surface area contributed by atoms with Crippen molar-refractivity contribution in [2.24, 2.45) is 0 Å². The Kier molecular flexibility index (Phi) is 4.02. The predicted molar refractivity (Wildman–Crippen MR) is 107 cm³/mol. The molecule has 6 nitrogen and oxygen atoms in total. The van der Waals surface area contributed by atoms with Gasteiger partial charge in [0.05, 0.1) is 12.5 Å². The Morgan fingerprint density at radius 2 is 1.86 bits per heavy atom. The second kappa shape index (κ2) is 6.56. The van der Waals surface area contributed by atoms with Gasteiger partial charge in [0.15, 0.2) is 5.58 Å². The van der Waals surface area contributed by atoms with Crippen LogP contribution >= 0.6 is 0 Å². The third-order valence-electron chi connectivity index (χ3n) is 5.61. The maximum atomic E-state index is 12.9. The zero-order chi connectivity index (χ0) is 19.3. The average Bonchev–Trinajstić information content (AvgIpc) is 3.11. The minimum atomic E-state index is -0.472. The van der Waals surface area contributed by atoms with Gasteiger partial charge in [-0.15, -0.1) is 0 Å². The zero-order valence-electron chi connectivity index (χ0n) is 15.7. The Morgan fingerprint density at radius 3 is 2.64 bits per heavy atom. The largest absolute Gasteiger partial charge is 0.508 e. The molecule has 2 aromatic carbocycles. The van der Waals surface area contributed by atoms with Crippen LogP contribution in [0.4, 0.5) is 0 Å². The fourth-order valence-electron chi connectivity index (χ4n) is 4.19. The van der Waals surface area contributed by atoms with Crippen molar-refractivity contribution in [1.82, 2.24) is 4.90 Å². The van der Waals surface area contributed by atoms with E-state index >= 15 is 0 Å². The molecule has 0 saturated carbocycles. The lowest BCUT2D eigenvalue weighted by Gasteiger charge is -2.26. The number of hydrogen-bond donors (Lipinski definition) is 1. The van der Waals surface area contributed by atoms with Crippen molar-refractivity contribution >= 4 is 32.9 Å². The van der Waals surface area contributed by atoms with E-state index in [0.717, 1.165) is 31.5 Å². The van der Waals surface area contributed by atoms with E-state index in [2.05, 4.69) is 4.90 Å². The molecule has 0 bridgehead atoms. The highest BCUT2D eigenvalue weighted by Gasteiger charge is 2.22. The van der Waals surface area contributed by atoms with Crippen LogP contribution in [0, 0.1) is 0 Å². The number of phenols is 1. The van der Waals surface area contributed by atoms with Crippen molar-refractivity contribution in [3.05, 3.63) is 46.3 Å². The molecule has 0 radical (unpaired) electrons. The van der Waals surface area contributed by atoms with Crippen LogP contribution in [0.1, 0.15) is 24.8 Å². The molecule has 1 aliphatic heterocycles. The number of benzene rings is 2. The molecule has 0 unspecified atom stereocenters. The number of likely N-dealkylation sites (tertiary alicyclic amines) is 1. The van der Waals surface area contributed by atoms with E-state index in [9.17, 15) is 9.90 Å². The van der Waals surface area contributed by atoms with Gasteiger partial charge in [0, 0.05) is 23.6 Å². The monoisotopic (exact) mass is 379 g/mol. The molecule has 0 aliphatic carbocycles. The standard InChI is InChI=1S/C22H21NO5/c1-26-13-5-6-14-18(11-13)28-22(25)20-19-15(12-23-9-3-2-4-10-23)16(24)7-8-17(19)27-21(14)20/h5-8,11,24H,2-4,9-10,12H2,1H3. The Morgan fingerprint density at radius 1 is 1.04 bits per heavy atom. The van der Waals surface area contributed by atoms with E-state index < -0.39 is 5.63 Å². The summed E-state index contributed by atoms with van der Waals surface area (Å²) in [6.45, 7) is 2.56. The third kappa shape index (κ3) is 2.64. The summed E-state index contributed by atoms with van der Waals surface area (Å²) in [6.07, 6.45) is 3.54. The SMILES string of the molecule is COc1ccc2c(c1)oc(=O)c1c2oc2ccc(O)c(CN3CCCCC3)c21. The molecule has 28 heavy (non-hydrogen) atoms. The number of furan rings is 1. The van der Waals surface area contributed by atoms with Gasteiger partial charge in [0.25, 0.3) is 0 Å². The van der Waals surface area contributed by atoms with Crippen LogP contribution < -0.4 is 10.4 Å². The summed E-state index contributed by atoms with van der Waals surface area (Å²) < 4.78 is 16.9. The Hall–Kier alpha value is -2.99. The van der Waals surface area contributed by atoms with Crippen molar-refractivity contribution in [3.8, 4) is 11.5 Å². The molecule has 0 amide bonds. The summed E-state index contributed by atoms with van der Waals surface area (Å²) in [5.74, 6) is 0.782. The lowest BCUT2D eigenvalue weighted by Crippen LogP contribution is -2.29. The number of methoxy groups -OCH3 is 1. The van der Waals surface area contributed by atoms with Crippen molar-refractivity contribution in [2.45, 2.75) is 25.8 Å².